The van der Waals surface area contributed by atoms with Gasteiger partial charge in [-0.3, -0.25) is 19.5 Å². The number of rotatable bonds is 4. The zero-order chi connectivity index (χ0) is 19.7. The second-order valence-electron chi connectivity index (χ2n) is 6.87. The second-order valence-corrected chi connectivity index (χ2v) is 6.87. The third kappa shape index (κ3) is 2.96. The van der Waals surface area contributed by atoms with Crippen molar-refractivity contribution in [3.8, 4) is 5.75 Å². The van der Waals surface area contributed by atoms with E-state index in [1.165, 1.54) is 0 Å². The standard InChI is InChI=1S/C20H20N4O4/c1-13(15-7-4-5-10-21-15)22-17(25)12-24-18(26)20(23-19(24)27)9-11-28-16-8-3-2-6-14(16)20/h2-8,10,13H,9,11-12H2,1H3,(H,22,25)(H,23,27). The van der Waals surface area contributed by atoms with E-state index in [1.807, 2.05) is 12.1 Å². The molecule has 4 amide bonds. The van der Waals surface area contributed by atoms with E-state index in [-0.39, 0.29) is 12.6 Å². The summed E-state index contributed by atoms with van der Waals surface area (Å²) in [7, 11) is 0. The molecular formula is C20H20N4O4. The van der Waals surface area contributed by atoms with Gasteiger partial charge in [0.2, 0.25) is 5.91 Å². The van der Waals surface area contributed by atoms with Gasteiger partial charge < -0.3 is 15.4 Å². The van der Waals surface area contributed by atoms with E-state index in [2.05, 4.69) is 15.6 Å². The molecule has 1 aromatic heterocycles. The molecule has 1 aromatic carbocycles. The molecule has 2 aliphatic heterocycles. The van der Waals surface area contributed by atoms with Gasteiger partial charge >= 0.3 is 6.03 Å². The predicted molar refractivity (Wildman–Crippen MR) is 99.3 cm³/mol. The first kappa shape index (κ1) is 18.0. The minimum absolute atomic E-state index is 0.305. The lowest BCUT2D eigenvalue weighted by Gasteiger charge is -2.33. The number of aromatic nitrogens is 1. The van der Waals surface area contributed by atoms with Gasteiger partial charge in [-0.25, -0.2) is 4.79 Å². The van der Waals surface area contributed by atoms with Crippen LogP contribution in [-0.2, 0) is 15.1 Å². The number of para-hydroxylation sites is 1. The van der Waals surface area contributed by atoms with Gasteiger partial charge in [0.1, 0.15) is 12.3 Å². The summed E-state index contributed by atoms with van der Waals surface area (Å²) < 4.78 is 5.60. The van der Waals surface area contributed by atoms with E-state index in [9.17, 15) is 14.4 Å². The summed E-state index contributed by atoms with van der Waals surface area (Å²) in [6.45, 7) is 1.74. The number of hydrogen-bond donors (Lipinski definition) is 2. The quantitative estimate of drug-likeness (QED) is 0.783. The molecule has 0 bridgehead atoms. The maximum Gasteiger partial charge on any atom is 0.325 e. The summed E-state index contributed by atoms with van der Waals surface area (Å²) in [5, 5.41) is 5.56. The van der Waals surface area contributed by atoms with E-state index in [0.29, 0.717) is 30.0 Å². The Bertz CT molecular complexity index is 933. The third-order valence-electron chi connectivity index (χ3n) is 5.07. The monoisotopic (exact) mass is 380 g/mol. The van der Waals surface area contributed by atoms with Crippen LogP contribution in [0.4, 0.5) is 4.79 Å². The number of imide groups is 1. The Hall–Kier alpha value is -3.42. The van der Waals surface area contributed by atoms with Crippen molar-refractivity contribution < 1.29 is 19.1 Å². The SMILES string of the molecule is CC(NC(=O)CN1C(=O)NC2(CCOc3ccccc32)C1=O)c1ccccn1. The smallest absolute Gasteiger partial charge is 0.325 e. The number of carbonyl (C=O) groups is 3. The van der Waals surface area contributed by atoms with Crippen molar-refractivity contribution in [2.24, 2.45) is 0 Å². The summed E-state index contributed by atoms with van der Waals surface area (Å²) in [5.74, 6) is -0.301. The molecule has 0 aliphatic carbocycles. The number of carbonyl (C=O) groups excluding carboxylic acids is 3. The molecule has 1 saturated heterocycles. The largest absolute Gasteiger partial charge is 0.493 e. The number of urea groups is 1. The number of ether oxygens (including phenoxy) is 1. The molecule has 1 spiro atoms. The molecule has 8 heteroatoms. The molecule has 2 aromatic rings. The Morgan fingerprint density at radius 1 is 1.29 bits per heavy atom. The van der Waals surface area contributed by atoms with Crippen molar-refractivity contribution in [3.63, 3.8) is 0 Å². The summed E-state index contributed by atoms with van der Waals surface area (Å²) in [6, 6.07) is 11.6. The molecule has 4 rings (SSSR count). The molecule has 2 unspecified atom stereocenters. The van der Waals surface area contributed by atoms with Gasteiger partial charge in [-0.2, -0.15) is 0 Å². The fraction of sp³-hybridized carbons (Fsp3) is 0.300. The summed E-state index contributed by atoms with van der Waals surface area (Å²) in [4.78, 5) is 43.3. The van der Waals surface area contributed by atoms with Crippen LogP contribution in [0.1, 0.15) is 30.6 Å². The van der Waals surface area contributed by atoms with Crippen LogP contribution in [0, 0.1) is 0 Å². The molecule has 8 nitrogen and oxygen atoms in total. The Morgan fingerprint density at radius 3 is 2.86 bits per heavy atom. The van der Waals surface area contributed by atoms with Gasteiger partial charge in [0.05, 0.1) is 18.3 Å². The zero-order valence-electron chi connectivity index (χ0n) is 15.3. The topological polar surface area (TPSA) is 101 Å². The lowest BCUT2D eigenvalue weighted by Crippen LogP contribution is -2.48. The summed E-state index contributed by atoms with van der Waals surface area (Å²) >= 11 is 0. The van der Waals surface area contributed by atoms with Gasteiger partial charge in [-0.05, 0) is 25.1 Å². The minimum atomic E-state index is -1.18. The van der Waals surface area contributed by atoms with Gasteiger partial charge in [-0.1, -0.05) is 24.3 Å². The van der Waals surface area contributed by atoms with Crippen LogP contribution in [-0.4, -0.2) is 40.9 Å². The van der Waals surface area contributed by atoms with Gasteiger partial charge in [0.25, 0.3) is 5.91 Å². The van der Waals surface area contributed by atoms with E-state index in [0.717, 1.165) is 4.90 Å². The van der Waals surface area contributed by atoms with Crippen LogP contribution in [0.5, 0.6) is 5.75 Å². The second kappa shape index (κ2) is 6.95. The van der Waals surface area contributed by atoms with Crippen molar-refractivity contribution in [1.29, 1.82) is 0 Å². The number of pyridine rings is 1. The first-order valence-corrected chi connectivity index (χ1v) is 9.08. The highest BCUT2D eigenvalue weighted by Crippen LogP contribution is 2.40. The van der Waals surface area contributed by atoms with Crippen LogP contribution >= 0.6 is 0 Å². The predicted octanol–water partition coefficient (Wildman–Crippen LogP) is 1.49. The van der Waals surface area contributed by atoms with Gasteiger partial charge in [0, 0.05) is 18.2 Å². The molecule has 1 fully saturated rings. The number of benzene rings is 1. The number of nitrogens with one attached hydrogen (secondary N) is 2. The summed E-state index contributed by atoms with van der Waals surface area (Å²) in [6.07, 6.45) is 1.96. The number of nitrogens with zero attached hydrogens (tertiary/aromatic N) is 2. The van der Waals surface area contributed by atoms with Gasteiger partial charge in [-0.15, -0.1) is 0 Å². The fourth-order valence-corrected chi connectivity index (χ4v) is 3.65. The number of hydrogen-bond acceptors (Lipinski definition) is 5. The molecule has 0 saturated carbocycles. The molecule has 28 heavy (non-hydrogen) atoms. The molecule has 3 heterocycles. The van der Waals surface area contributed by atoms with E-state index in [1.54, 1.807) is 43.5 Å². The molecule has 0 radical (unpaired) electrons. The Morgan fingerprint density at radius 2 is 2.07 bits per heavy atom. The van der Waals surface area contributed by atoms with Crippen molar-refractivity contribution in [2.75, 3.05) is 13.2 Å². The lowest BCUT2D eigenvalue weighted by molar-refractivity contribution is -0.136. The third-order valence-corrected chi connectivity index (χ3v) is 5.07. The van der Waals surface area contributed by atoms with Crippen LogP contribution in [0.15, 0.2) is 48.7 Å². The fourth-order valence-electron chi connectivity index (χ4n) is 3.65. The number of fused-ring (bicyclic) bond motifs is 2. The van der Waals surface area contributed by atoms with Crippen molar-refractivity contribution in [3.05, 3.63) is 59.9 Å². The molecule has 2 atom stereocenters. The maximum absolute atomic E-state index is 13.1. The van der Waals surface area contributed by atoms with E-state index < -0.39 is 23.4 Å². The normalized spacial score (nSPS) is 21.7. The Labute approximate surface area is 161 Å². The highest BCUT2D eigenvalue weighted by Gasteiger charge is 2.55. The highest BCUT2D eigenvalue weighted by atomic mass is 16.5. The van der Waals surface area contributed by atoms with E-state index >= 15 is 0 Å². The lowest BCUT2D eigenvalue weighted by atomic mass is 9.84. The van der Waals surface area contributed by atoms with Crippen LogP contribution in [0.25, 0.3) is 0 Å². The van der Waals surface area contributed by atoms with Gasteiger partial charge in [0.15, 0.2) is 5.54 Å². The average Bonchev–Trinajstić information content (AvgIpc) is 2.94. The van der Waals surface area contributed by atoms with Crippen molar-refractivity contribution in [2.45, 2.75) is 24.9 Å². The highest BCUT2D eigenvalue weighted by molar-refractivity contribution is 6.09. The summed E-state index contributed by atoms with van der Waals surface area (Å²) in [5.41, 5.74) is 0.131. The number of amides is 4. The maximum atomic E-state index is 13.1. The first-order valence-electron chi connectivity index (χ1n) is 9.08. The van der Waals surface area contributed by atoms with E-state index in [4.69, 9.17) is 4.74 Å². The Kier molecular flexibility index (Phi) is 4.46. The van der Waals surface area contributed by atoms with Crippen LogP contribution < -0.4 is 15.4 Å². The Balaban J connectivity index is 1.50. The molecular weight excluding hydrogens is 360 g/mol. The van der Waals surface area contributed by atoms with Crippen molar-refractivity contribution in [1.82, 2.24) is 20.5 Å². The first-order chi connectivity index (χ1) is 13.5. The van der Waals surface area contributed by atoms with Crippen molar-refractivity contribution >= 4 is 17.8 Å². The average molecular weight is 380 g/mol. The van der Waals surface area contributed by atoms with Crippen LogP contribution in [0.2, 0.25) is 0 Å². The minimum Gasteiger partial charge on any atom is -0.493 e. The molecule has 2 aliphatic rings. The molecule has 144 valence electrons. The molecule has 2 N–H and O–H groups in total. The zero-order valence-corrected chi connectivity index (χ0v) is 15.3. The van der Waals surface area contributed by atoms with Crippen LogP contribution in [0.3, 0.4) is 0 Å².